The number of aliphatic hydroxyl groups is 1. The first-order chi connectivity index (χ1) is 17.7. The van der Waals surface area contributed by atoms with Gasteiger partial charge in [-0.1, -0.05) is 18.2 Å². The average molecular weight is 564 g/mol. The van der Waals surface area contributed by atoms with Crippen molar-refractivity contribution in [2.75, 3.05) is 7.11 Å². The van der Waals surface area contributed by atoms with Crippen molar-refractivity contribution in [1.82, 2.24) is 14.7 Å². The molecule has 0 saturated carbocycles. The van der Waals surface area contributed by atoms with Crippen LogP contribution in [0.5, 0.6) is 5.75 Å². The summed E-state index contributed by atoms with van der Waals surface area (Å²) in [4.78, 5) is 9.61. The molecule has 1 aromatic carbocycles. The molecule has 3 heterocycles. The number of rotatable bonds is 7. The minimum atomic E-state index is -4.85. The smallest absolute Gasteiger partial charge is 0.421 e. The molecule has 11 heteroatoms. The normalized spacial score (nSPS) is 15.7. The van der Waals surface area contributed by atoms with Crippen molar-refractivity contribution in [1.29, 1.82) is 0 Å². The Morgan fingerprint density at radius 3 is 2.42 bits per heavy atom. The van der Waals surface area contributed by atoms with Crippen LogP contribution in [0.1, 0.15) is 49.9 Å². The van der Waals surface area contributed by atoms with Crippen LogP contribution < -0.4 is 9.46 Å². The number of pyridine rings is 2. The zero-order valence-electron chi connectivity index (χ0n) is 21.5. The third kappa shape index (κ3) is 5.47. The molecule has 202 valence electrons. The summed E-state index contributed by atoms with van der Waals surface area (Å²) >= 11 is 1.40. The molecule has 0 fully saturated rings. The number of halogens is 3. The van der Waals surface area contributed by atoms with E-state index in [1.165, 1.54) is 30.7 Å². The van der Waals surface area contributed by atoms with Crippen LogP contribution in [0.3, 0.4) is 0 Å². The summed E-state index contributed by atoms with van der Waals surface area (Å²) in [6.45, 7) is 6.31. The maximum absolute atomic E-state index is 13.5. The number of methoxy groups -OCH3 is 1. The standard InChI is InChI=1S/C27H28F3N3O3S2/c1-25(2,3)38(35)33-23(22-20(36-5)10-7-12-32-22)21-14-16-8-6-9-18(24(16)37-21)19-15-17(11-13-31-19)26(4,34)27(28,29)30/h6-15,23,33-34H,1-5H3. The summed E-state index contributed by atoms with van der Waals surface area (Å²) in [7, 11) is 0.0887. The Balaban J connectivity index is 1.86. The van der Waals surface area contributed by atoms with Crippen molar-refractivity contribution in [3.63, 3.8) is 0 Å². The lowest BCUT2D eigenvalue weighted by Crippen LogP contribution is -2.39. The zero-order chi connectivity index (χ0) is 27.9. The van der Waals surface area contributed by atoms with Gasteiger partial charge in [-0.15, -0.1) is 11.3 Å². The number of nitrogens with one attached hydrogen (secondary N) is 1. The van der Waals surface area contributed by atoms with E-state index in [0.29, 0.717) is 22.7 Å². The molecule has 0 spiro atoms. The molecule has 0 amide bonds. The van der Waals surface area contributed by atoms with Gasteiger partial charge in [-0.3, -0.25) is 9.97 Å². The van der Waals surface area contributed by atoms with E-state index in [0.717, 1.165) is 28.0 Å². The Morgan fingerprint density at radius 2 is 1.76 bits per heavy atom. The monoisotopic (exact) mass is 563 g/mol. The van der Waals surface area contributed by atoms with Gasteiger partial charge in [0.05, 0.1) is 34.6 Å². The van der Waals surface area contributed by atoms with Crippen LogP contribution in [0.2, 0.25) is 0 Å². The van der Waals surface area contributed by atoms with Gasteiger partial charge < -0.3 is 9.84 Å². The molecule has 2 N–H and O–H groups in total. The summed E-state index contributed by atoms with van der Waals surface area (Å²) < 4.78 is 62.6. The summed E-state index contributed by atoms with van der Waals surface area (Å²) in [5, 5.41) is 11.0. The van der Waals surface area contributed by atoms with Crippen LogP contribution in [0.25, 0.3) is 21.3 Å². The van der Waals surface area contributed by atoms with E-state index in [1.54, 1.807) is 30.5 Å². The van der Waals surface area contributed by atoms with E-state index in [2.05, 4.69) is 14.7 Å². The van der Waals surface area contributed by atoms with Gasteiger partial charge in [0.2, 0.25) is 0 Å². The van der Waals surface area contributed by atoms with E-state index < -0.39 is 33.6 Å². The van der Waals surface area contributed by atoms with Crippen molar-refractivity contribution in [2.45, 2.75) is 50.3 Å². The number of aromatic nitrogens is 2. The maximum atomic E-state index is 13.5. The highest BCUT2D eigenvalue weighted by Gasteiger charge is 2.51. The summed E-state index contributed by atoms with van der Waals surface area (Å²) in [5.41, 5.74) is -1.86. The molecule has 0 radical (unpaired) electrons. The first-order valence-corrected chi connectivity index (χ1v) is 13.7. The number of nitrogens with zero attached hydrogens (tertiary/aromatic N) is 2. The fraction of sp³-hybridized carbons (Fsp3) is 0.333. The molecule has 4 rings (SSSR count). The highest BCUT2D eigenvalue weighted by atomic mass is 32.2. The van der Waals surface area contributed by atoms with Gasteiger partial charge >= 0.3 is 6.18 Å². The van der Waals surface area contributed by atoms with Gasteiger partial charge in [0.15, 0.2) is 5.60 Å². The van der Waals surface area contributed by atoms with Crippen molar-refractivity contribution < 1.29 is 27.2 Å². The lowest BCUT2D eigenvalue weighted by Gasteiger charge is -2.26. The van der Waals surface area contributed by atoms with E-state index >= 15 is 0 Å². The van der Waals surface area contributed by atoms with Gasteiger partial charge in [0, 0.05) is 27.5 Å². The Labute approximate surface area is 225 Å². The highest BCUT2D eigenvalue weighted by molar-refractivity contribution is 7.84. The second-order valence-corrected chi connectivity index (χ2v) is 13.0. The molecule has 0 saturated heterocycles. The average Bonchev–Trinajstić information content (AvgIpc) is 3.30. The second-order valence-electron chi connectivity index (χ2n) is 9.90. The lowest BCUT2D eigenvalue weighted by molar-refractivity contribution is -0.258. The number of hydrogen-bond donors (Lipinski definition) is 2. The fourth-order valence-corrected chi connectivity index (χ4v) is 5.91. The Morgan fingerprint density at radius 1 is 1.03 bits per heavy atom. The van der Waals surface area contributed by atoms with E-state index in [4.69, 9.17) is 4.74 Å². The number of fused-ring (bicyclic) bond motifs is 1. The predicted octanol–water partition coefficient (Wildman–Crippen LogP) is 6.28. The van der Waals surface area contributed by atoms with Crippen LogP contribution in [-0.4, -0.2) is 37.3 Å². The van der Waals surface area contributed by atoms with Crippen LogP contribution in [0, 0.1) is 0 Å². The van der Waals surface area contributed by atoms with Crippen molar-refractivity contribution >= 4 is 32.4 Å². The van der Waals surface area contributed by atoms with E-state index in [1.807, 2.05) is 32.9 Å². The van der Waals surface area contributed by atoms with Crippen molar-refractivity contribution in [3.8, 4) is 17.0 Å². The van der Waals surface area contributed by atoms with Crippen LogP contribution in [-0.2, 0) is 16.6 Å². The summed E-state index contributed by atoms with van der Waals surface area (Å²) in [6.07, 6.45) is -1.96. The Kier molecular flexibility index (Phi) is 7.68. The van der Waals surface area contributed by atoms with E-state index in [-0.39, 0.29) is 5.56 Å². The molecule has 3 atom stereocenters. The first-order valence-electron chi connectivity index (χ1n) is 11.7. The molecule has 4 aromatic rings. The van der Waals surface area contributed by atoms with Gasteiger partial charge in [-0.05, 0) is 69.0 Å². The summed E-state index contributed by atoms with van der Waals surface area (Å²) in [5.74, 6) is 0.525. The maximum Gasteiger partial charge on any atom is 0.421 e. The fourth-order valence-electron chi connectivity index (χ4n) is 3.80. The Bertz CT molecular complexity index is 1480. The quantitative estimate of drug-likeness (QED) is 0.277. The second kappa shape index (κ2) is 10.4. The van der Waals surface area contributed by atoms with Gasteiger partial charge in [-0.25, -0.2) is 8.93 Å². The van der Waals surface area contributed by atoms with Gasteiger partial charge in [0.25, 0.3) is 0 Å². The minimum Gasteiger partial charge on any atom is -0.495 e. The summed E-state index contributed by atoms with van der Waals surface area (Å²) in [6, 6.07) is 12.7. The van der Waals surface area contributed by atoms with Crippen molar-refractivity contribution in [2.24, 2.45) is 0 Å². The Hall–Kier alpha value is -2.86. The largest absolute Gasteiger partial charge is 0.495 e. The zero-order valence-corrected chi connectivity index (χ0v) is 23.1. The molecule has 0 aliphatic rings. The van der Waals surface area contributed by atoms with Crippen molar-refractivity contribution in [3.05, 3.63) is 77.1 Å². The molecule has 0 aliphatic carbocycles. The molecule has 3 aromatic heterocycles. The minimum absolute atomic E-state index is 0.296. The van der Waals surface area contributed by atoms with Crippen LogP contribution >= 0.6 is 11.3 Å². The topological polar surface area (TPSA) is 84.3 Å². The third-order valence-electron chi connectivity index (χ3n) is 6.07. The third-order valence-corrected chi connectivity index (χ3v) is 8.88. The lowest BCUT2D eigenvalue weighted by atomic mass is 9.94. The number of benzene rings is 1. The van der Waals surface area contributed by atoms with Gasteiger partial charge in [0.1, 0.15) is 11.4 Å². The number of alkyl halides is 3. The molecule has 0 aliphatic heterocycles. The molecule has 0 bridgehead atoms. The predicted molar refractivity (Wildman–Crippen MR) is 144 cm³/mol. The van der Waals surface area contributed by atoms with Gasteiger partial charge in [-0.2, -0.15) is 13.2 Å². The van der Waals surface area contributed by atoms with Crippen LogP contribution in [0.4, 0.5) is 13.2 Å². The van der Waals surface area contributed by atoms with Crippen LogP contribution in [0.15, 0.2) is 60.9 Å². The highest BCUT2D eigenvalue weighted by Crippen LogP contribution is 2.42. The molecule has 3 unspecified atom stereocenters. The molecule has 38 heavy (non-hydrogen) atoms. The first kappa shape index (κ1) is 28.2. The van der Waals surface area contributed by atoms with E-state index in [9.17, 15) is 22.5 Å². The SMILES string of the molecule is COc1cccnc1C(NS(=O)C(C)(C)C)c1cc2cccc(-c3cc(C(C)(O)C(F)(F)F)ccn3)c2s1. The molecule has 6 nitrogen and oxygen atoms in total. The molecular weight excluding hydrogens is 535 g/mol. The molecular formula is C27H28F3N3O3S2. The number of thiophene rings is 1. The number of hydrogen-bond acceptors (Lipinski definition) is 6. The number of ether oxygens (including phenoxy) is 1.